The zero-order chi connectivity index (χ0) is 17.6. The van der Waals surface area contributed by atoms with E-state index in [1.807, 2.05) is 45.4 Å². The second kappa shape index (κ2) is 8.44. The maximum atomic E-state index is 12.5. The van der Waals surface area contributed by atoms with Crippen LogP contribution in [0.25, 0.3) is 0 Å². The van der Waals surface area contributed by atoms with Crippen molar-refractivity contribution in [3.8, 4) is 0 Å². The Morgan fingerprint density at radius 2 is 1.71 bits per heavy atom. The summed E-state index contributed by atoms with van der Waals surface area (Å²) in [4.78, 5) is 4.44. The van der Waals surface area contributed by atoms with Gasteiger partial charge in [-0.15, -0.1) is 0 Å². The summed E-state index contributed by atoms with van der Waals surface area (Å²) in [5.41, 5.74) is 2.70. The Hall–Kier alpha value is -1.66. The van der Waals surface area contributed by atoms with E-state index >= 15 is 0 Å². The highest BCUT2D eigenvalue weighted by molar-refractivity contribution is 7.89. The van der Waals surface area contributed by atoms with Gasteiger partial charge in [-0.1, -0.05) is 30.5 Å². The SMILES string of the molecule is Cc1cc(C)c(S(=O)(=O)NCCCCCCn2ccnc2)c(C)c1. The first-order valence-electron chi connectivity index (χ1n) is 8.43. The lowest BCUT2D eigenvalue weighted by molar-refractivity contribution is 0.555. The normalized spacial score (nSPS) is 11.8. The third-order valence-electron chi connectivity index (χ3n) is 4.07. The Morgan fingerprint density at radius 1 is 1.04 bits per heavy atom. The van der Waals surface area contributed by atoms with Gasteiger partial charge in [-0.05, 0) is 44.7 Å². The van der Waals surface area contributed by atoms with Crippen LogP contribution in [0.3, 0.4) is 0 Å². The Labute approximate surface area is 145 Å². The van der Waals surface area contributed by atoms with E-state index in [-0.39, 0.29) is 0 Å². The van der Waals surface area contributed by atoms with Crippen LogP contribution in [-0.4, -0.2) is 24.5 Å². The van der Waals surface area contributed by atoms with Crippen molar-refractivity contribution in [1.29, 1.82) is 0 Å². The molecule has 2 aromatic rings. The molecule has 0 aliphatic carbocycles. The number of benzene rings is 1. The van der Waals surface area contributed by atoms with Crippen LogP contribution >= 0.6 is 0 Å². The van der Waals surface area contributed by atoms with Crippen LogP contribution in [-0.2, 0) is 16.6 Å². The lowest BCUT2D eigenvalue weighted by Gasteiger charge is -2.13. The van der Waals surface area contributed by atoms with E-state index < -0.39 is 10.0 Å². The molecule has 0 bridgehead atoms. The molecule has 0 atom stereocenters. The number of hydrogen-bond acceptors (Lipinski definition) is 3. The van der Waals surface area contributed by atoms with E-state index in [9.17, 15) is 8.42 Å². The molecule has 0 saturated carbocycles. The number of nitrogens with zero attached hydrogens (tertiary/aromatic N) is 2. The Bertz CT molecular complexity index is 730. The maximum Gasteiger partial charge on any atom is 0.241 e. The van der Waals surface area contributed by atoms with E-state index in [1.165, 1.54) is 0 Å². The van der Waals surface area contributed by atoms with E-state index in [2.05, 4.69) is 14.3 Å². The molecule has 0 radical (unpaired) electrons. The minimum atomic E-state index is -3.43. The van der Waals surface area contributed by atoms with Gasteiger partial charge >= 0.3 is 0 Å². The van der Waals surface area contributed by atoms with Gasteiger partial charge < -0.3 is 4.57 Å². The summed E-state index contributed by atoms with van der Waals surface area (Å²) >= 11 is 0. The first-order chi connectivity index (χ1) is 11.4. The molecule has 2 rings (SSSR count). The van der Waals surface area contributed by atoms with Crippen LogP contribution in [0.4, 0.5) is 0 Å². The molecule has 1 aromatic heterocycles. The molecule has 5 nitrogen and oxygen atoms in total. The van der Waals surface area contributed by atoms with E-state index in [1.54, 1.807) is 6.20 Å². The number of aromatic nitrogens is 2. The molecule has 0 saturated heterocycles. The van der Waals surface area contributed by atoms with Crippen LogP contribution in [0, 0.1) is 20.8 Å². The summed E-state index contributed by atoms with van der Waals surface area (Å²) in [6.07, 6.45) is 9.60. The first kappa shape index (κ1) is 18.7. The fourth-order valence-corrected chi connectivity index (χ4v) is 4.58. The zero-order valence-electron chi connectivity index (χ0n) is 14.7. The molecule has 1 N–H and O–H groups in total. The monoisotopic (exact) mass is 349 g/mol. The molecule has 0 amide bonds. The van der Waals surface area contributed by atoms with Crippen molar-refractivity contribution in [2.24, 2.45) is 0 Å². The number of sulfonamides is 1. The van der Waals surface area contributed by atoms with Gasteiger partial charge in [-0.25, -0.2) is 18.1 Å². The van der Waals surface area contributed by atoms with Gasteiger partial charge in [0.1, 0.15) is 0 Å². The molecule has 0 fully saturated rings. The molecule has 6 heteroatoms. The highest BCUT2D eigenvalue weighted by Gasteiger charge is 2.19. The van der Waals surface area contributed by atoms with Gasteiger partial charge in [0.15, 0.2) is 0 Å². The van der Waals surface area contributed by atoms with E-state index in [0.29, 0.717) is 11.4 Å². The summed E-state index contributed by atoms with van der Waals surface area (Å²) in [5, 5.41) is 0. The average Bonchev–Trinajstić information content (AvgIpc) is 2.98. The molecule has 132 valence electrons. The molecular formula is C18H27N3O2S. The lowest BCUT2D eigenvalue weighted by atomic mass is 10.1. The van der Waals surface area contributed by atoms with Crippen molar-refractivity contribution in [3.63, 3.8) is 0 Å². The van der Waals surface area contributed by atoms with Gasteiger partial charge in [-0.3, -0.25) is 0 Å². The van der Waals surface area contributed by atoms with Crippen LogP contribution in [0.2, 0.25) is 0 Å². The molecule has 0 aliphatic rings. The highest BCUT2D eigenvalue weighted by atomic mass is 32.2. The van der Waals surface area contributed by atoms with Crippen LogP contribution in [0.5, 0.6) is 0 Å². The van der Waals surface area contributed by atoms with Gasteiger partial charge in [-0.2, -0.15) is 0 Å². The molecule has 0 spiro atoms. The fourth-order valence-electron chi connectivity index (χ4n) is 3.06. The standard InChI is InChI=1S/C18H27N3O2S/c1-15-12-16(2)18(17(3)13-15)24(22,23)20-8-6-4-5-7-10-21-11-9-19-14-21/h9,11-14,20H,4-8,10H2,1-3H3. The van der Waals surface area contributed by atoms with Crippen molar-refractivity contribution in [1.82, 2.24) is 14.3 Å². The zero-order valence-corrected chi connectivity index (χ0v) is 15.6. The van der Waals surface area contributed by atoms with Crippen LogP contribution < -0.4 is 4.72 Å². The summed E-state index contributed by atoms with van der Waals surface area (Å²) in [6.45, 7) is 7.14. The number of aryl methyl sites for hydroxylation is 4. The fraction of sp³-hybridized carbons (Fsp3) is 0.500. The quantitative estimate of drug-likeness (QED) is 0.706. The van der Waals surface area contributed by atoms with Crippen molar-refractivity contribution in [3.05, 3.63) is 47.5 Å². The molecule has 0 aliphatic heterocycles. The average molecular weight is 350 g/mol. The second-order valence-corrected chi connectivity index (χ2v) is 8.04. The van der Waals surface area contributed by atoms with Gasteiger partial charge in [0, 0.05) is 25.5 Å². The second-order valence-electron chi connectivity index (χ2n) is 6.34. The van der Waals surface area contributed by atoms with Crippen molar-refractivity contribution < 1.29 is 8.42 Å². The number of rotatable bonds is 9. The van der Waals surface area contributed by atoms with Crippen LogP contribution in [0.15, 0.2) is 35.7 Å². The van der Waals surface area contributed by atoms with Gasteiger partial charge in [0.25, 0.3) is 0 Å². The van der Waals surface area contributed by atoms with Crippen molar-refractivity contribution in [2.75, 3.05) is 6.54 Å². The number of unbranched alkanes of at least 4 members (excludes halogenated alkanes) is 3. The number of imidazole rings is 1. The summed E-state index contributed by atoms with van der Waals surface area (Å²) in [6, 6.07) is 3.83. The Kier molecular flexibility index (Phi) is 6.57. The Morgan fingerprint density at radius 3 is 2.33 bits per heavy atom. The molecular weight excluding hydrogens is 322 g/mol. The highest BCUT2D eigenvalue weighted by Crippen LogP contribution is 2.21. The molecule has 0 unspecified atom stereocenters. The predicted octanol–water partition coefficient (Wildman–Crippen LogP) is 3.35. The number of hydrogen-bond donors (Lipinski definition) is 1. The third kappa shape index (κ3) is 5.18. The molecule has 1 heterocycles. The molecule has 1 aromatic carbocycles. The summed E-state index contributed by atoms with van der Waals surface area (Å²) in [5.74, 6) is 0. The number of nitrogens with one attached hydrogen (secondary N) is 1. The minimum absolute atomic E-state index is 0.424. The first-order valence-corrected chi connectivity index (χ1v) is 9.92. The minimum Gasteiger partial charge on any atom is -0.337 e. The summed E-state index contributed by atoms with van der Waals surface area (Å²) in [7, 11) is -3.43. The maximum absolute atomic E-state index is 12.5. The summed E-state index contributed by atoms with van der Waals surface area (Å²) < 4.78 is 29.8. The van der Waals surface area contributed by atoms with Gasteiger partial charge in [0.2, 0.25) is 10.0 Å². The topological polar surface area (TPSA) is 64.0 Å². The lowest BCUT2D eigenvalue weighted by Crippen LogP contribution is -2.26. The van der Waals surface area contributed by atoms with Crippen molar-refractivity contribution >= 4 is 10.0 Å². The Balaban J connectivity index is 1.75. The van der Waals surface area contributed by atoms with E-state index in [0.717, 1.165) is 48.9 Å². The third-order valence-corrected chi connectivity index (χ3v) is 5.83. The van der Waals surface area contributed by atoms with Crippen molar-refractivity contribution in [2.45, 2.75) is 57.9 Å². The largest absolute Gasteiger partial charge is 0.337 e. The molecule has 24 heavy (non-hydrogen) atoms. The van der Waals surface area contributed by atoms with Gasteiger partial charge in [0.05, 0.1) is 11.2 Å². The smallest absolute Gasteiger partial charge is 0.241 e. The predicted molar refractivity (Wildman–Crippen MR) is 96.5 cm³/mol. The van der Waals surface area contributed by atoms with Crippen LogP contribution in [0.1, 0.15) is 42.4 Å². The van der Waals surface area contributed by atoms with E-state index in [4.69, 9.17) is 0 Å².